The fourth-order valence-electron chi connectivity index (χ4n) is 2.32. The zero-order valence-electron chi connectivity index (χ0n) is 13.9. The Kier molecular flexibility index (Phi) is 6.17. The highest BCUT2D eigenvalue weighted by Crippen LogP contribution is 2.34. The maximum atomic E-state index is 12.5. The molecule has 1 aromatic carbocycles. The number of ether oxygens (including phenoxy) is 1. The molecule has 0 aliphatic carbocycles. The second-order valence-corrected chi connectivity index (χ2v) is 7.11. The molecular formula is C16H18F3NO5S. The van der Waals surface area contributed by atoms with Crippen LogP contribution < -0.4 is 0 Å². The molecule has 26 heavy (non-hydrogen) atoms. The van der Waals surface area contributed by atoms with Crippen molar-refractivity contribution < 1.29 is 35.3 Å². The predicted octanol–water partition coefficient (Wildman–Crippen LogP) is 3.73. The monoisotopic (exact) mass is 393 g/mol. The Balaban J connectivity index is 2.23. The SMILES string of the molecule is CCCCOC(=O)N1CC(OS(=O)(=O)C(F)(F)F)=CC1c1ccccc1. The molecule has 2 rings (SSSR count). The largest absolute Gasteiger partial charge is 0.534 e. The second kappa shape index (κ2) is 7.98. The first kappa shape index (κ1) is 20.1. The predicted molar refractivity (Wildman–Crippen MR) is 86.3 cm³/mol. The third kappa shape index (κ3) is 4.69. The fourth-order valence-corrected chi connectivity index (χ4v) is 2.80. The summed E-state index contributed by atoms with van der Waals surface area (Å²) in [5, 5.41) is 0. The Hall–Kier alpha value is -2.23. The molecule has 1 unspecified atom stereocenters. The number of carbonyl (C=O) groups excluding carboxylic acids is 1. The van der Waals surface area contributed by atoms with E-state index < -0.39 is 40.1 Å². The Morgan fingerprint density at radius 1 is 1.27 bits per heavy atom. The van der Waals surface area contributed by atoms with Gasteiger partial charge in [0, 0.05) is 0 Å². The van der Waals surface area contributed by atoms with Crippen LogP contribution in [0.25, 0.3) is 0 Å². The fraction of sp³-hybridized carbons (Fsp3) is 0.438. The van der Waals surface area contributed by atoms with Crippen LogP contribution in [-0.2, 0) is 19.0 Å². The highest BCUT2D eigenvalue weighted by Gasteiger charge is 2.49. The van der Waals surface area contributed by atoms with Crippen molar-refractivity contribution in [3.05, 3.63) is 47.7 Å². The van der Waals surface area contributed by atoms with Gasteiger partial charge in [-0.15, -0.1) is 0 Å². The van der Waals surface area contributed by atoms with Crippen LogP contribution >= 0.6 is 0 Å². The van der Waals surface area contributed by atoms with Gasteiger partial charge in [0.25, 0.3) is 0 Å². The average Bonchev–Trinajstić information content (AvgIpc) is 2.98. The van der Waals surface area contributed by atoms with Crippen molar-refractivity contribution in [2.45, 2.75) is 31.3 Å². The molecule has 1 aliphatic rings. The van der Waals surface area contributed by atoms with Gasteiger partial charge >= 0.3 is 21.7 Å². The number of carbonyl (C=O) groups is 1. The molecule has 1 amide bonds. The zero-order valence-corrected chi connectivity index (χ0v) is 14.7. The van der Waals surface area contributed by atoms with Crippen LogP contribution in [-0.4, -0.2) is 38.1 Å². The van der Waals surface area contributed by atoms with E-state index in [0.717, 1.165) is 11.3 Å². The van der Waals surface area contributed by atoms with Crippen molar-refractivity contribution in [1.29, 1.82) is 0 Å². The smallest absolute Gasteiger partial charge is 0.449 e. The number of benzene rings is 1. The zero-order chi connectivity index (χ0) is 19.4. The molecule has 1 aromatic rings. The maximum Gasteiger partial charge on any atom is 0.534 e. The van der Waals surface area contributed by atoms with Gasteiger partial charge in [0.05, 0.1) is 19.2 Å². The molecular weight excluding hydrogens is 375 g/mol. The van der Waals surface area contributed by atoms with Crippen molar-refractivity contribution >= 4 is 16.2 Å². The molecule has 1 aliphatic heterocycles. The summed E-state index contributed by atoms with van der Waals surface area (Å²) in [4.78, 5) is 13.4. The van der Waals surface area contributed by atoms with E-state index in [0.29, 0.717) is 12.0 Å². The van der Waals surface area contributed by atoms with Gasteiger partial charge in [-0.3, -0.25) is 4.90 Å². The number of amides is 1. The van der Waals surface area contributed by atoms with Crippen LogP contribution in [0.1, 0.15) is 31.4 Å². The lowest BCUT2D eigenvalue weighted by atomic mass is 10.1. The Bertz CT molecular complexity index is 762. The van der Waals surface area contributed by atoms with Crippen LogP contribution in [0.2, 0.25) is 0 Å². The molecule has 0 saturated carbocycles. The molecule has 0 aromatic heterocycles. The maximum absolute atomic E-state index is 12.5. The number of alkyl halides is 3. The van der Waals surface area contributed by atoms with Gasteiger partial charge in [0.1, 0.15) is 5.76 Å². The minimum absolute atomic E-state index is 0.157. The number of halogens is 3. The van der Waals surface area contributed by atoms with Gasteiger partial charge in [-0.05, 0) is 18.1 Å². The molecule has 144 valence electrons. The molecule has 0 N–H and O–H groups in total. The number of unbranched alkanes of at least 4 members (excludes halogenated alkanes) is 1. The van der Waals surface area contributed by atoms with E-state index in [-0.39, 0.29) is 6.61 Å². The third-order valence-electron chi connectivity index (χ3n) is 3.60. The summed E-state index contributed by atoms with van der Waals surface area (Å²) >= 11 is 0. The molecule has 1 atom stereocenters. The highest BCUT2D eigenvalue weighted by atomic mass is 32.2. The average molecular weight is 393 g/mol. The van der Waals surface area contributed by atoms with Crippen molar-refractivity contribution in [3.8, 4) is 0 Å². The first-order valence-electron chi connectivity index (χ1n) is 7.85. The van der Waals surface area contributed by atoms with Crippen LogP contribution in [0.15, 0.2) is 42.2 Å². The number of nitrogens with zero attached hydrogens (tertiary/aromatic N) is 1. The summed E-state index contributed by atoms with van der Waals surface area (Å²) in [6.45, 7) is 1.62. The third-order valence-corrected chi connectivity index (χ3v) is 4.61. The van der Waals surface area contributed by atoms with Crippen LogP contribution in [0.3, 0.4) is 0 Å². The Labute approximate surface area is 149 Å². The van der Waals surface area contributed by atoms with E-state index in [9.17, 15) is 26.4 Å². The standard InChI is InChI=1S/C16H18F3NO5S/c1-2-3-9-24-15(21)20-11-13(25-26(22,23)16(17,18)19)10-14(20)12-7-5-4-6-8-12/h4-8,10,14H,2-3,9,11H2,1H3. The summed E-state index contributed by atoms with van der Waals surface area (Å²) in [5.74, 6) is -0.483. The van der Waals surface area contributed by atoms with E-state index in [1.54, 1.807) is 30.3 Å². The van der Waals surface area contributed by atoms with Crippen molar-refractivity contribution in [2.24, 2.45) is 0 Å². The van der Waals surface area contributed by atoms with Crippen LogP contribution in [0, 0.1) is 0 Å². The first-order chi connectivity index (χ1) is 12.2. The summed E-state index contributed by atoms with van der Waals surface area (Å²) in [6.07, 6.45) is 1.84. The minimum atomic E-state index is -5.80. The molecule has 0 bridgehead atoms. The molecule has 10 heteroatoms. The molecule has 0 radical (unpaired) electrons. The van der Waals surface area contributed by atoms with E-state index in [2.05, 4.69) is 4.18 Å². The molecule has 0 saturated heterocycles. The summed E-state index contributed by atoms with van der Waals surface area (Å²) in [5.41, 5.74) is -4.96. The van der Waals surface area contributed by atoms with E-state index in [1.165, 1.54) is 6.08 Å². The first-order valence-corrected chi connectivity index (χ1v) is 9.26. The van der Waals surface area contributed by atoms with Gasteiger partial charge in [-0.25, -0.2) is 4.79 Å². The second-order valence-electron chi connectivity index (χ2n) is 5.57. The lowest BCUT2D eigenvalue weighted by Crippen LogP contribution is -2.33. The number of rotatable bonds is 6. The van der Waals surface area contributed by atoms with Gasteiger partial charge in [-0.1, -0.05) is 43.7 Å². The van der Waals surface area contributed by atoms with Gasteiger partial charge < -0.3 is 8.92 Å². The number of hydrogen-bond donors (Lipinski definition) is 0. The normalized spacial score (nSPS) is 17.8. The van der Waals surface area contributed by atoms with Gasteiger partial charge in [-0.2, -0.15) is 21.6 Å². The van der Waals surface area contributed by atoms with Crippen molar-refractivity contribution in [1.82, 2.24) is 4.90 Å². The lowest BCUT2D eigenvalue weighted by molar-refractivity contribution is -0.0523. The van der Waals surface area contributed by atoms with Crippen LogP contribution in [0.4, 0.5) is 18.0 Å². The molecule has 0 spiro atoms. The number of hydrogen-bond acceptors (Lipinski definition) is 5. The Morgan fingerprint density at radius 3 is 2.50 bits per heavy atom. The van der Waals surface area contributed by atoms with E-state index in [4.69, 9.17) is 4.74 Å². The lowest BCUT2D eigenvalue weighted by Gasteiger charge is -2.24. The van der Waals surface area contributed by atoms with Crippen LogP contribution in [0.5, 0.6) is 0 Å². The molecule has 6 nitrogen and oxygen atoms in total. The summed E-state index contributed by atoms with van der Waals surface area (Å²) in [6, 6.07) is 7.65. The minimum Gasteiger partial charge on any atom is -0.449 e. The topological polar surface area (TPSA) is 72.9 Å². The van der Waals surface area contributed by atoms with Crippen molar-refractivity contribution in [3.63, 3.8) is 0 Å². The summed E-state index contributed by atoms with van der Waals surface area (Å²) in [7, 11) is -5.80. The van der Waals surface area contributed by atoms with Gasteiger partial charge in [0.2, 0.25) is 0 Å². The van der Waals surface area contributed by atoms with E-state index >= 15 is 0 Å². The molecule has 1 heterocycles. The molecule has 0 fully saturated rings. The quantitative estimate of drug-likeness (QED) is 0.418. The Morgan fingerprint density at radius 2 is 1.92 bits per heavy atom. The van der Waals surface area contributed by atoms with Gasteiger partial charge in [0.15, 0.2) is 0 Å². The van der Waals surface area contributed by atoms with Crippen molar-refractivity contribution in [2.75, 3.05) is 13.2 Å². The summed E-state index contributed by atoms with van der Waals surface area (Å²) < 4.78 is 69.3. The van der Waals surface area contributed by atoms with E-state index in [1.807, 2.05) is 6.92 Å². The highest BCUT2D eigenvalue weighted by molar-refractivity contribution is 7.87.